The second kappa shape index (κ2) is 8.64. The average molecular weight is 403 g/mol. The summed E-state index contributed by atoms with van der Waals surface area (Å²) < 4.78 is 33.9. The van der Waals surface area contributed by atoms with E-state index in [1.165, 1.54) is 0 Å². The van der Waals surface area contributed by atoms with E-state index in [9.17, 15) is 8.42 Å². The molecule has 5 nitrogen and oxygen atoms in total. The molecule has 1 saturated heterocycles. The molecule has 2 unspecified atom stereocenters. The van der Waals surface area contributed by atoms with Crippen LogP contribution in [-0.4, -0.2) is 39.1 Å². The molecule has 0 aliphatic carbocycles. The third-order valence-corrected chi connectivity index (χ3v) is 6.76. The minimum absolute atomic E-state index is 0.0189. The lowest BCUT2D eigenvalue weighted by Crippen LogP contribution is -2.44. The molecular formula is C22H30N2O3S. The predicted octanol–water partition coefficient (Wildman–Crippen LogP) is 4.39. The number of morpholine rings is 1. The van der Waals surface area contributed by atoms with Crippen LogP contribution in [0.3, 0.4) is 0 Å². The average Bonchev–Trinajstić information content (AvgIpc) is 2.69. The van der Waals surface area contributed by atoms with Crippen LogP contribution in [0.2, 0.25) is 0 Å². The number of likely N-dealkylation sites (N-methyl/N-ethyl adjacent to an activating group) is 1. The zero-order valence-corrected chi connectivity index (χ0v) is 17.9. The van der Waals surface area contributed by atoms with Crippen LogP contribution in [0.5, 0.6) is 0 Å². The highest BCUT2D eigenvalue weighted by atomic mass is 32.2. The van der Waals surface area contributed by atoms with E-state index in [0.29, 0.717) is 24.3 Å². The largest absolute Gasteiger partial charge is 0.371 e. The predicted molar refractivity (Wildman–Crippen MR) is 113 cm³/mol. The van der Waals surface area contributed by atoms with Crippen molar-refractivity contribution < 1.29 is 13.2 Å². The summed E-state index contributed by atoms with van der Waals surface area (Å²) in [5.41, 5.74) is 2.73. The second-order valence-electron chi connectivity index (χ2n) is 7.71. The minimum atomic E-state index is -3.60. The Kier molecular flexibility index (Phi) is 6.43. The highest BCUT2D eigenvalue weighted by Crippen LogP contribution is 2.26. The third-order valence-electron chi connectivity index (χ3n) is 5.36. The lowest BCUT2D eigenvalue weighted by Gasteiger charge is -2.37. The third kappa shape index (κ3) is 4.74. The van der Waals surface area contributed by atoms with E-state index >= 15 is 0 Å². The van der Waals surface area contributed by atoms with E-state index in [2.05, 4.69) is 37.3 Å². The molecule has 1 fully saturated rings. The maximum atomic E-state index is 12.6. The molecule has 1 aliphatic heterocycles. The van der Waals surface area contributed by atoms with Crippen molar-refractivity contribution in [1.82, 2.24) is 4.90 Å². The molecule has 0 amide bonds. The van der Waals surface area contributed by atoms with Crippen molar-refractivity contribution >= 4 is 15.7 Å². The molecular weight excluding hydrogens is 372 g/mol. The Morgan fingerprint density at radius 2 is 1.75 bits per heavy atom. The first kappa shape index (κ1) is 20.8. The molecule has 2 aromatic rings. The Bertz CT molecular complexity index is 877. The Morgan fingerprint density at radius 3 is 2.32 bits per heavy atom. The molecule has 6 heteroatoms. The summed E-state index contributed by atoms with van der Waals surface area (Å²) in [6.07, 6.45) is 0.0189. The van der Waals surface area contributed by atoms with Crippen molar-refractivity contribution in [2.75, 3.05) is 24.4 Å². The molecule has 152 valence electrons. The molecule has 2 atom stereocenters. The van der Waals surface area contributed by atoms with Gasteiger partial charge in [-0.1, -0.05) is 45.0 Å². The van der Waals surface area contributed by atoms with Gasteiger partial charge in [0.05, 0.1) is 17.6 Å². The summed E-state index contributed by atoms with van der Waals surface area (Å²) >= 11 is 0. The normalized spacial score (nSPS) is 21.0. The van der Waals surface area contributed by atoms with Gasteiger partial charge in [0.2, 0.25) is 0 Å². The molecule has 0 aromatic heterocycles. The number of anilines is 1. The van der Waals surface area contributed by atoms with Crippen molar-refractivity contribution in [3.8, 4) is 0 Å². The zero-order valence-electron chi connectivity index (χ0n) is 17.1. The van der Waals surface area contributed by atoms with E-state index in [-0.39, 0.29) is 11.0 Å². The first-order valence-corrected chi connectivity index (χ1v) is 11.4. The molecule has 28 heavy (non-hydrogen) atoms. The van der Waals surface area contributed by atoms with Crippen LogP contribution < -0.4 is 4.72 Å². The molecule has 0 spiro atoms. The summed E-state index contributed by atoms with van der Waals surface area (Å²) in [7, 11) is -3.60. The van der Waals surface area contributed by atoms with Gasteiger partial charge in [0.25, 0.3) is 10.0 Å². The standard InChI is InChI=1S/C22H30N2O3S/c1-5-24-14-22(27-15-17(24)4)19-6-10-20(11-7-19)23-28(25,26)21-12-8-18(9-13-21)16(2)3/h6-13,16-17,22-23H,5,14-15H2,1-4H3. The fraction of sp³-hybridized carbons (Fsp3) is 0.455. The fourth-order valence-corrected chi connectivity index (χ4v) is 4.52. The second-order valence-corrected chi connectivity index (χ2v) is 9.39. The van der Waals surface area contributed by atoms with E-state index in [4.69, 9.17) is 4.74 Å². The summed E-state index contributed by atoms with van der Waals surface area (Å²) in [4.78, 5) is 2.66. The summed E-state index contributed by atoms with van der Waals surface area (Å²) in [5, 5.41) is 0. The molecule has 0 saturated carbocycles. The lowest BCUT2D eigenvalue weighted by molar-refractivity contribution is -0.0580. The van der Waals surface area contributed by atoms with Gasteiger partial charge < -0.3 is 4.74 Å². The maximum absolute atomic E-state index is 12.6. The maximum Gasteiger partial charge on any atom is 0.261 e. The highest BCUT2D eigenvalue weighted by Gasteiger charge is 2.26. The number of sulfonamides is 1. The molecule has 0 bridgehead atoms. The first-order chi connectivity index (χ1) is 13.3. The summed E-state index contributed by atoms with van der Waals surface area (Å²) in [5.74, 6) is 0.367. The molecule has 3 rings (SSSR count). The molecule has 1 aliphatic rings. The Balaban J connectivity index is 1.69. The van der Waals surface area contributed by atoms with Gasteiger partial charge >= 0.3 is 0 Å². The van der Waals surface area contributed by atoms with Crippen molar-refractivity contribution in [3.63, 3.8) is 0 Å². The van der Waals surface area contributed by atoms with E-state index < -0.39 is 10.0 Å². The van der Waals surface area contributed by atoms with E-state index in [1.54, 1.807) is 24.3 Å². The number of nitrogens with one attached hydrogen (secondary N) is 1. The quantitative estimate of drug-likeness (QED) is 0.778. The van der Waals surface area contributed by atoms with E-state index in [1.807, 2.05) is 24.3 Å². The van der Waals surface area contributed by atoms with Crippen molar-refractivity contribution in [3.05, 3.63) is 59.7 Å². The van der Waals surface area contributed by atoms with Gasteiger partial charge in [0.15, 0.2) is 0 Å². The number of nitrogens with zero attached hydrogens (tertiary/aromatic N) is 1. The van der Waals surface area contributed by atoms with Crippen molar-refractivity contribution in [2.24, 2.45) is 0 Å². The van der Waals surface area contributed by atoms with Gasteiger partial charge in [-0.2, -0.15) is 0 Å². The Hall–Kier alpha value is -1.89. The van der Waals surface area contributed by atoms with Crippen LogP contribution in [0, 0.1) is 0 Å². The van der Waals surface area contributed by atoms with Gasteiger partial charge in [-0.25, -0.2) is 8.42 Å². The molecule has 1 heterocycles. The number of hydrogen-bond donors (Lipinski definition) is 1. The first-order valence-electron chi connectivity index (χ1n) is 9.88. The Morgan fingerprint density at radius 1 is 1.11 bits per heavy atom. The van der Waals surface area contributed by atoms with Crippen LogP contribution in [0.25, 0.3) is 0 Å². The fourth-order valence-electron chi connectivity index (χ4n) is 3.46. The number of ether oxygens (including phenoxy) is 1. The van der Waals surface area contributed by atoms with E-state index in [0.717, 1.165) is 24.2 Å². The van der Waals surface area contributed by atoms with Gasteiger partial charge in [-0.3, -0.25) is 9.62 Å². The summed E-state index contributed by atoms with van der Waals surface area (Å²) in [6.45, 7) is 11.0. The topological polar surface area (TPSA) is 58.6 Å². The van der Waals surface area contributed by atoms with Crippen LogP contribution in [0.15, 0.2) is 53.4 Å². The number of hydrogen-bond acceptors (Lipinski definition) is 4. The number of benzene rings is 2. The molecule has 0 radical (unpaired) electrons. The minimum Gasteiger partial charge on any atom is -0.371 e. The number of rotatable bonds is 6. The molecule has 1 N–H and O–H groups in total. The van der Waals surface area contributed by atoms with Gasteiger partial charge in [0.1, 0.15) is 0 Å². The van der Waals surface area contributed by atoms with Crippen LogP contribution in [-0.2, 0) is 14.8 Å². The summed E-state index contributed by atoms with van der Waals surface area (Å²) in [6, 6.07) is 14.9. The van der Waals surface area contributed by atoms with Gasteiger partial charge in [0, 0.05) is 18.3 Å². The van der Waals surface area contributed by atoms with Crippen LogP contribution in [0.1, 0.15) is 50.8 Å². The Labute approximate surface area is 168 Å². The SMILES string of the molecule is CCN1CC(c2ccc(NS(=O)(=O)c3ccc(C(C)C)cc3)cc2)OCC1C. The monoisotopic (exact) mass is 402 g/mol. The molecule has 2 aromatic carbocycles. The van der Waals surface area contributed by atoms with Crippen LogP contribution >= 0.6 is 0 Å². The van der Waals surface area contributed by atoms with Crippen molar-refractivity contribution in [2.45, 2.75) is 50.7 Å². The zero-order chi connectivity index (χ0) is 20.3. The smallest absolute Gasteiger partial charge is 0.261 e. The highest BCUT2D eigenvalue weighted by molar-refractivity contribution is 7.92. The van der Waals surface area contributed by atoms with Crippen LogP contribution in [0.4, 0.5) is 5.69 Å². The van der Waals surface area contributed by atoms with Gasteiger partial charge in [-0.05, 0) is 54.8 Å². The van der Waals surface area contributed by atoms with Gasteiger partial charge in [-0.15, -0.1) is 0 Å². The van der Waals surface area contributed by atoms with Crippen molar-refractivity contribution in [1.29, 1.82) is 0 Å². The lowest BCUT2D eigenvalue weighted by atomic mass is 10.0.